The van der Waals surface area contributed by atoms with E-state index in [0.29, 0.717) is 0 Å². The van der Waals surface area contributed by atoms with Gasteiger partial charge in [0.2, 0.25) is 0 Å². The number of esters is 1. The first-order valence-electron chi connectivity index (χ1n) is 5.78. The third-order valence-corrected chi connectivity index (χ3v) is 3.06. The van der Waals surface area contributed by atoms with E-state index < -0.39 is 23.2 Å². The fraction of sp³-hybridized carbons (Fsp3) is 0.231. The Hall–Kier alpha value is -1.53. The first kappa shape index (κ1) is 15.9. The molecule has 0 aliphatic heterocycles. The van der Waals surface area contributed by atoms with Crippen LogP contribution in [0.3, 0.4) is 0 Å². The highest BCUT2D eigenvalue weighted by Crippen LogP contribution is 2.37. The summed E-state index contributed by atoms with van der Waals surface area (Å²) in [4.78, 5) is 15.5. The van der Waals surface area contributed by atoms with E-state index in [-0.39, 0.29) is 27.7 Å². The second-order valence-corrected chi connectivity index (χ2v) is 4.88. The van der Waals surface area contributed by atoms with Crippen molar-refractivity contribution in [2.75, 3.05) is 6.61 Å². The predicted octanol–water partition coefficient (Wildman–Crippen LogP) is 4.74. The molecule has 0 saturated heterocycles. The SMILES string of the molecule is CCOC(=O)c1cc(Cl)nc2c(C(F)(F)F)cc(Cl)cc12. The summed E-state index contributed by atoms with van der Waals surface area (Å²) in [6.07, 6.45) is -4.67. The van der Waals surface area contributed by atoms with Crippen LogP contribution in [0.2, 0.25) is 10.2 Å². The first-order valence-corrected chi connectivity index (χ1v) is 6.53. The highest BCUT2D eigenvalue weighted by Gasteiger charge is 2.34. The van der Waals surface area contributed by atoms with E-state index in [1.165, 1.54) is 6.07 Å². The van der Waals surface area contributed by atoms with Gasteiger partial charge in [0, 0.05) is 10.4 Å². The molecule has 1 aromatic heterocycles. The van der Waals surface area contributed by atoms with E-state index in [1.54, 1.807) is 6.92 Å². The minimum atomic E-state index is -4.67. The number of fused-ring (bicyclic) bond motifs is 1. The van der Waals surface area contributed by atoms with Crippen LogP contribution in [0, 0.1) is 0 Å². The lowest BCUT2D eigenvalue weighted by molar-refractivity contribution is -0.136. The predicted molar refractivity (Wildman–Crippen MR) is 72.7 cm³/mol. The van der Waals surface area contributed by atoms with Crippen molar-refractivity contribution in [2.24, 2.45) is 0 Å². The number of alkyl halides is 3. The van der Waals surface area contributed by atoms with Crippen LogP contribution in [-0.4, -0.2) is 17.6 Å². The van der Waals surface area contributed by atoms with Crippen molar-refractivity contribution in [3.63, 3.8) is 0 Å². The first-order chi connectivity index (χ1) is 9.74. The molecule has 3 nitrogen and oxygen atoms in total. The summed E-state index contributed by atoms with van der Waals surface area (Å²) in [6, 6.07) is 3.11. The lowest BCUT2D eigenvalue weighted by Crippen LogP contribution is -2.10. The zero-order valence-corrected chi connectivity index (χ0v) is 12.1. The Morgan fingerprint density at radius 3 is 2.52 bits per heavy atom. The minimum absolute atomic E-state index is 0.0577. The van der Waals surface area contributed by atoms with Crippen LogP contribution in [0.25, 0.3) is 10.9 Å². The van der Waals surface area contributed by atoms with Crippen LogP contribution in [0.1, 0.15) is 22.8 Å². The molecule has 0 amide bonds. The van der Waals surface area contributed by atoms with Gasteiger partial charge in [-0.2, -0.15) is 13.2 Å². The lowest BCUT2D eigenvalue weighted by Gasteiger charge is -2.13. The normalized spacial score (nSPS) is 11.7. The smallest absolute Gasteiger partial charge is 0.418 e. The molecule has 0 fully saturated rings. The van der Waals surface area contributed by atoms with Crippen molar-refractivity contribution in [3.8, 4) is 0 Å². The van der Waals surface area contributed by atoms with Gasteiger partial charge >= 0.3 is 12.1 Å². The summed E-state index contributed by atoms with van der Waals surface area (Å²) < 4.78 is 44.0. The number of pyridine rings is 1. The molecule has 0 radical (unpaired) electrons. The monoisotopic (exact) mass is 337 g/mol. The fourth-order valence-corrected chi connectivity index (χ4v) is 2.27. The molecule has 21 heavy (non-hydrogen) atoms. The van der Waals surface area contributed by atoms with Gasteiger partial charge in [-0.1, -0.05) is 23.2 Å². The molecule has 1 aromatic carbocycles. The van der Waals surface area contributed by atoms with E-state index in [0.717, 1.165) is 12.1 Å². The largest absolute Gasteiger partial charge is 0.462 e. The molecule has 2 aromatic rings. The highest BCUT2D eigenvalue weighted by molar-refractivity contribution is 6.32. The third kappa shape index (κ3) is 3.22. The molecular formula is C13H8Cl2F3NO2. The van der Waals surface area contributed by atoms with Crippen LogP contribution >= 0.6 is 23.2 Å². The van der Waals surface area contributed by atoms with Gasteiger partial charge in [0.1, 0.15) is 5.15 Å². The summed E-state index contributed by atoms with van der Waals surface area (Å²) in [6.45, 7) is 1.66. The third-order valence-electron chi connectivity index (χ3n) is 2.65. The Kier molecular flexibility index (Phi) is 4.30. The van der Waals surface area contributed by atoms with Gasteiger partial charge in [-0.25, -0.2) is 9.78 Å². The molecule has 8 heteroatoms. The molecule has 0 unspecified atom stereocenters. The molecule has 112 valence electrons. The van der Waals surface area contributed by atoms with Gasteiger partial charge in [0.15, 0.2) is 0 Å². The summed E-state index contributed by atoms with van der Waals surface area (Å²) in [5, 5.41) is -0.458. The fourth-order valence-electron chi connectivity index (χ4n) is 1.85. The number of hydrogen-bond donors (Lipinski definition) is 0. The van der Waals surface area contributed by atoms with Gasteiger partial charge in [-0.15, -0.1) is 0 Å². The topological polar surface area (TPSA) is 39.2 Å². The molecule has 0 N–H and O–H groups in total. The average molecular weight is 338 g/mol. The van der Waals surface area contributed by atoms with Gasteiger partial charge in [-0.3, -0.25) is 0 Å². The van der Waals surface area contributed by atoms with Gasteiger partial charge in [0.25, 0.3) is 0 Å². The zero-order chi connectivity index (χ0) is 15.8. The Balaban J connectivity index is 2.84. The Bertz CT molecular complexity index is 717. The van der Waals surface area contributed by atoms with E-state index in [1.807, 2.05) is 0 Å². The van der Waals surface area contributed by atoms with Crippen molar-refractivity contribution in [3.05, 3.63) is 39.5 Å². The zero-order valence-electron chi connectivity index (χ0n) is 10.6. The van der Waals surface area contributed by atoms with Gasteiger partial charge in [-0.05, 0) is 25.1 Å². The number of aromatic nitrogens is 1. The highest BCUT2D eigenvalue weighted by atomic mass is 35.5. The number of carbonyl (C=O) groups is 1. The molecule has 0 bridgehead atoms. The summed E-state index contributed by atoms with van der Waals surface area (Å²) >= 11 is 11.4. The molecular weight excluding hydrogens is 330 g/mol. The number of rotatable bonds is 2. The molecule has 0 aliphatic carbocycles. The minimum Gasteiger partial charge on any atom is -0.462 e. The quantitative estimate of drug-likeness (QED) is 0.587. The maximum atomic E-state index is 13.1. The number of benzene rings is 1. The van der Waals surface area contributed by atoms with Crippen LogP contribution in [0.15, 0.2) is 18.2 Å². The number of hydrogen-bond acceptors (Lipinski definition) is 3. The van der Waals surface area contributed by atoms with Crippen LogP contribution in [0.5, 0.6) is 0 Å². The average Bonchev–Trinajstić information content (AvgIpc) is 2.36. The van der Waals surface area contributed by atoms with Crippen LogP contribution in [-0.2, 0) is 10.9 Å². The second-order valence-electron chi connectivity index (χ2n) is 4.06. The Labute approximate surface area is 127 Å². The Morgan fingerprint density at radius 2 is 1.95 bits per heavy atom. The van der Waals surface area contributed by atoms with Gasteiger partial charge in [0.05, 0.1) is 23.3 Å². The number of ether oxygens (including phenoxy) is 1. The summed E-state index contributed by atoms with van der Waals surface area (Å²) in [5.41, 5.74) is -1.61. The van der Waals surface area contributed by atoms with Crippen LogP contribution < -0.4 is 0 Å². The molecule has 1 heterocycles. The van der Waals surface area contributed by atoms with E-state index in [2.05, 4.69) is 4.98 Å². The summed E-state index contributed by atoms with van der Waals surface area (Å²) in [7, 11) is 0. The van der Waals surface area contributed by atoms with E-state index in [4.69, 9.17) is 27.9 Å². The van der Waals surface area contributed by atoms with Crippen molar-refractivity contribution < 1.29 is 22.7 Å². The molecule has 0 atom stereocenters. The molecule has 0 aliphatic rings. The number of halogens is 5. The second kappa shape index (κ2) is 5.69. The Morgan fingerprint density at radius 1 is 1.29 bits per heavy atom. The summed E-state index contributed by atoms with van der Waals surface area (Å²) in [5.74, 6) is -0.790. The molecule has 0 saturated carbocycles. The van der Waals surface area contributed by atoms with E-state index in [9.17, 15) is 18.0 Å². The number of nitrogens with zero attached hydrogens (tertiary/aromatic N) is 1. The van der Waals surface area contributed by atoms with E-state index >= 15 is 0 Å². The molecule has 0 spiro atoms. The maximum absolute atomic E-state index is 13.1. The van der Waals surface area contributed by atoms with Crippen molar-refractivity contribution in [1.82, 2.24) is 4.98 Å². The van der Waals surface area contributed by atoms with Gasteiger partial charge < -0.3 is 4.74 Å². The molecule has 2 rings (SSSR count). The standard InChI is InChI=1S/C13H8Cl2F3NO2/c1-2-21-12(20)8-5-10(15)19-11-7(8)3-6(14)4-9(11)13(16,17)18/h3-5H,2H2,1H3. The maximum Gasteiger partial charge on any atom is 0.418 e. The van der Waals surface area contributed by atoms with Crippen LogP contribution in [0.4, 0.5) is 13.2 Å². The van der Waals surface area contributed by atoms with Crippen molar-refractivity contribution in [2.45, 2.75) is 13.1 Å². The van der Waals surface area contributed by atoms with Crippen molar-refractivity contribution >= 4 is 40.1 Å². The lowest BCUT2D eigenvalue weighted by atomic mass is 10.0. The number of carbonyl (C=O) groups excluding carboxylic acids is 1. The van der Waals surface area contributed by atoms with Crippen molar-refractivity contribution in [1.29, 1.82) is 0 Å².